The van der Waals surface area contributed by atoms with Crippen molar-refractivity contribution < 1.29 is 19.4 Å². The Morgan fingerprint density at radius 2 is 1.81 bits per heavy atom. The lowest BCUT2D eigenvalue weighted by molar-refractivity contribution is 0.0988. The first-order chi connectivity index (χ1) is 12.9. The summed E-state index contributed by atoms with van der Waals surface area (Å²) in [4.78, 5) is 27.1. The number of carbonyl (C=O) groups is 1. The van der Waals surface area contributed by atoms with Gasteiger partial charge in [0.15, 0.2) is 0 Å². The van der Waals surface area contributed by atoms with Crippen LogP contribution in [0.3, 0.4) is 0 Å². The number of aryl methyl sites for hydroxylation is 1. The fourth-order valence-corrected chi connectivity index (χ4v) is 3.01. The summed E-state index contributed by atoms with van der Waals surface area (Å²) in [6.07, 6.45) is 0. The molecule has 0 saturated carbocycles. The van der Waals surface area contributed by atoms with Crippen LogP contribution in [0, 0.1) is 0 Å². The second-order valence-electron chi connectivity index (χ2n) is 6.01. The molecule has 0 aliphatic rings. The van der Waals surface area contributed by atoms with E-state index in [4.69, 9.17) is 9.47 Å². The first kappa shape index (κ1) is 18.3. The molecule has 0 unspecified atom stereocenters. The Morgan fingerprint density at radius 3 is 2.48 bits per heavy atom. The van der Waals surface area contributed by atoms with Gasteiger partial charge in [-0.2, -0.15) is 0 Å². The lowest BCUT2D eigenvalue weighted by atomic mass is 10.1. The van der Waals surface area contributed by atoms with Crippen LogP contribution in [0.1, 0.15) is 10.4 Å². The van der Waals surface area contributed by atoms with E-state index in [9.17, 15) is 14.7 Å². The number of ether oxygens (including phenoxy) is 2. The summed E-state index contributed by atoms with van der Waals surface area (Å²) in [7, 11) is 6.07. The molecule has 1 aromatic heterocycles. The van der Waals surface area contributed by atoms with Crippen molar-refractivity contribution in [3.05, 3.63) is 58.4 Å². The quantitative estimate of drug-likeness (QED) is 0.765. The summed E-state index contributed by atoms with van der Waals surface area (Å²) in [5.41, 5.74) is 0.0891. The third kappa shape index (κ3) is 2.97. The van der Waals surface area contributed by atoms with Crippen LogP contribution < -0.4 is 19.9 Å². The van der Waals surface area contributed by atoms with E-state index in [-0.39, 0.29) is 5.56 Å². The molecule has 0 aliphatic carbocycles. The lowest BCUT2D eigenvalue weighted by Gasteiger charge is -2.20. The van der Waals surface area contributed by atoms with Gasteiger partial charge in [-0.25, -0.2) is 0 Å². The van der Waals surface area contributed by atoms with Crippen molar-refractivity contribution in [3.63, 3.8) is 0 Å². The highest BCUT2D eigenvalue weighted by Gasteiger charge is 2.26. The van der Waals surface area contributed by atoms with E-state index in [1.807, 2.05) is 0 Å². The van der Waals surface area contributed by atoms with Gasteiger partial charge in [-0.1, -0.05) is 12.1 Å². The van der Waals surface area contributed by atoms with Gasteiger partial charge in [-0.3, -0.25) is 9.59 Å². The topological polar surface area (TPSA) is 81.0 Å². The summed E-state index contributed by atoms with van der Waals surface area (Å²) in [5, 5.41) is 11.1. The second kappa shape index (κ2) is 7.03. The van der Waals surface area contributed by atoms with Crippen LogP contribution in [-0.2, 0) is 7.05 Å². The lowest BCUT2D eigenvalue weighted by Crippen LogP contribution is -2.34. The summed E-state index contributed by atoms with van der Waals surface area (Å²) >= 11 is 0. The normalized spacial score (nSPS) is 10.7. The molecule has 3 aromatic rings. The number of aromatic hydroxyl groups is 1. The number of pyridine rings is 1. The summed E-state index contributed by atoms with van der Waals surface area (Å²) < 4.78 is 11.8. The third-order valence-electron chi connectivity index (χ3n) is 4.54. The highest BCUT2D eigenvalue weighted by Crippen LogP contribution is 2.34. The fraction of sp³-hybridized carbons (Fsp3) is 0.200. The van der Waals surface area contributed by atoms with E-state index in [1.165, 1.54) is 30.7 Å². The van der Waals surface area contributed by atoms with Gasteiger partial charge in [-0.05, 0) is 24.3 Å². The van der Waals surface area contributed by atoms with Crippen molar-refractivity contribution in [1.29, 1.82) is 0 Å². The molecule has 2 aromatic carbocycles. The Balaban J connectivity index is 2.21. The zero-order valence-corrected chi connectivity index (χ0v) is 15.5. The number of nitrogens with zero attached hydrogens (tertiary/aromatic N) is 2. The van der Waals surface area contributed by atoms with Gasteiger partial charge < -0.3 is 24.0 Å². The molecule has 0 aliphatic heterocycles. The van der Waals surface area contributed by atoms with Crippen LogP contribution >= 0.6 is 0 Å². The highest BCUT2D eigenvalue weighted by molar-refractivity contribution is 6.11. The largest absolute Gasteiger partial charge is 0.506 e. The van der Waals surface area contributed by atoms with E-state index < -0.39 is 17.2 Å². The number of aromatic nitrogens is 1. The minimum Gasteiger partial charge on any atom is -0.506 e. The van der Waals surface area contributed by atoms with Crippen LogP contribution in [0.4, 0.5) is 5.69 Å². The Morgan fingerprint density at radius 1 is 1.11 bits per heavy atom. The molecule has 0 spiro atoms. The number of hydrogen-bond donors (Lipinski definition) is 1. The number of anilines is 1. The van der Waals surface area contributed by atoms with E-state index in [0.717, 1.165) is 0 Å². The van der Waals surface area contributed by atoms with E-state index in [1.54, 1.807) is 49.5 Å². The molecule has 0 saturated heterocycles. The maximum Gasteiger partial charge on any atom is 0.267 e. The molecule has 140 valence electrons. The smallest absolute Gasteiger partial charge is 0.267 e. The van der Waals surface area contributed by atoms with Crippen molar-refractivity contribution in [2.75, 3.05) is 26.2 Å². The third-order valence-corrected chi connectivity index (χ3v) is 4.54. The molecule has 7 heteroatoms. The summed E-state index contributed by atoms with van der Waals surface area (Å²) in [5.74, 6) is -0.0809. The predicted molar refractivity (Wildman–Crippen MR) is 103 cm³/mol. The summed E-state index contributed by atoms with van der Waals surface area (Å²) in [6, 6.07) is 11.9. The number of methoxy groups -OCH3 is 2. The van der Waals surface area contributed by atoms with Crippen molar-refractivity contribution in [1.82, 2.24) is 4.57 Å². The van der Waals surface area contributed by atoms with Crippen molar-refractivity contribution >= 4 is 22.5 Å². The first-order valence-electron chi connectivity index (χ1n) is 8.21. The van der Waals surface area contributed by atoms with Crippen LogP contribution in [-0.4, -0.2) is 36.8 Å². The second-order valence-corrected chi connectivity index (χ2v) is 6.01. The molecule has 27 heavy (non-hydrogen) atoms. The minimum atomic E-state index is -0.630. The number of carbonyl (C=O) groups excluding carboxylic acids is 1. The molecular formula is C20H20N2O5. The maximum absolute atomic E-state index is 13.1. The van der Waals surface area contributed by atoms with E-state index in [2.05, 4.69) is 0 Å². The number of fused-ring (bicyclic) bond motifs is 1. The molecule has 3 rings (SSSR count). The Labute approximate surface area is 156 Å². The molecular weight excluding hydrogens is 348 g/mol. The van der Waals surface area contributed by atoms with E-state index >= 15 is 0 Å². The molecule has 0 radical (unpaired) electrons. The number of rotatable bonds is 4. The van der Waals surface area contributed by atoms with Gasteiger partial charge in [0, 0.05) is 25.8 Å². The van der Waals surface area contributed by atoms with Crippen LogP contribution in [0.5, 0.6) is 17.2 Å². The molecule has 7 nitrogen and oxygen atoms in total. The van der Waals surface area contributed by atoms with Crippen molar-refractivity contribution in [2.24, 2.45) is 7.05 Å². The standard InChI is InChI=1S/C20H20N2O5/c1-21(12-7-5-8-13(11-12)26-3)19(24)17-18(23)16-14(22(2)20(17)25)9-6-10-15(16)27-4/h5-11,23H,1-4H3. The molecule has 1 heterocycles. The van der Waals surface area contributed by atoms with Gasteiger partial charge in [0.05, 0.1) is 25.1 Å². The van der Waals surface area contributed by atoms with Crippen molar-refractivity contribution in [3.8, 4) is 17.2 Å². The number of hydrogen-bond acceptors (Lipinski definition) is 5. The van der Waals surface area contributed by atoms with Gasteiger partial charge in [0.25, 0.3) is 11.5 Å². The predicted octanol–water partition coefficient (Wildman–Crippen LogP) is 2.54. The van der Waals surface area contributed by atoms with Crippen LogP contribution in [0.2, 0.25) is 0 Å². The molecule has 0 atom stereocenters. The zero-order valence-electron chi connectivity index (χ0n) is 15.5. The van der Waals surface area contributed by atoms with Gasteiger partial charge >= 0.3 is 0 Å². The highest BCUT2D eigenvalue weighted by atomic mass is 16.5. The average molecular weight is 368 g/mol. The molecule has 1 N–H and O–H groups in total. The van der Waals surface area contributed by atoms with Crippen LogP contribution in [0.25, 0.3) is 10.9 Å². The first-order valence-corrected chi connectivity index (χ1v) is 8.21. The average Bonchev–Trinajstić information content (AvgIpc) is 2.70. The monoisotopic (exact) mass is 368 g/mol. The number of benzene rings is 2. The zero-order chi connectivity index (χ0) is 19.7. The van der Waals surface area contributed by atoms with Crippen LogP contribution in [0.15, 0.2) is 47.3 Å². The molecule has 0 bridgehead atoms. The van der Waals surface area contributed by atoms with Crippen molar-refractivity contribution in [2.45, 2.75) is 0 Å². The Hall–Kier alpha value is -3.48. The minimum absolute atomic E-state index is 0.310. The fourth-order valence-electron chi connectivity index (χ4n) is 3.01. The van der Waals surface area contributed by atoms with E-state index in [0.29, 0.717) is 28.1 Å². The summed E-state index contributed by atoms with van der Waals surface area (Å²) in [6.45, 7) is 0. The van der Waals surface area contributed by atoms with Gasteiger partial charge in [0.2, 0.25) is 0 Å². The maximum atomic E-state index is 13.1. The molecule has 1 amide bonds. The van der Waals surface area contributed by atoms with Gasteiger partial charge in [0.1, 0.15) is 22.8 Å². The SMILES string of the molecule is COc1cccc(N(C)C(=O)c2c(O)c3c(OC)cccc3n(C)c2=O)c1. The molecule has 0 fully saturated rings. The van der Waals surface area contributed by atoms with Gasteiger partial charge in [-0.15, -0.1) is 0 Å². The Bertz CT molecular complexity index is 1090. The Kier molecular flexibility index (Phi) is 4.77. The number of amides is 1.